The van der Waals surface area contributed by atoms with Crippen molar-refractivity contribution in [2.24, 2.45) is 5.41 Å². The van der Waals surface area contributed by atoms with Gasteiger partial charge in [-0.25, -0.2) is 0 Å². The average Bonchev–Trinajstić information content (AvgIpc) is 3.39. The molecule has 0 saturated heterocycles. The van der Waals surface area contributed by atoms with E-state index in [0.29, 0.717) is 12.2 Å². The summed E-state index contributed by atoms with van der Waals surface area (Å²) >= 11 is 0. The molecule has 0 spiro atoms. The van der Waals surface area contributed by atoms with Crippen LogP contribution in [0.3, 0.4) is 0 Å². The van der Waals surface area contributed by atoms with Gasteiger partial charge < -0.3 is 18.3 Å². The lowest BCUT2D eigenvalue weighted by Crippen LogP contribution is -2.60. The number of esters is 2. The minimum atomic E-state index is -2.49. The first-order valence-corrected chi connectivity index (χ1v) is 13.8. The highest BCUT2D eigenvalue weighted by molar-refractivity contribution is 6.74. The van der Waals surface area contributed by atoms with Crippen molar-refractivity contribution in [1.29, 1.82) is 0 Å². The lowest BCUT2D eigenvalue weighted by molar-refractivity contribution is -0.186. The molecule has 1 saturated carbocycles. The van der Waals surface area contributed by atoms with E-state index in [0.717, 1.165) is 5.56 Å². The summed E-state index contributed by atoms with van der Waals surface area (Å²) in [6.45, 7) is 10.6. The Morgan fingerprint density at radius 3 is 2.03 bits per heavy atom. The molecule has 7 heteroatoms. The number of hydrogen-bond donors (Lipinski definition) is 0. The lowest BCUT2D eigenvalue weighted by atomic mass is 9.70. The van der Waals surface area contributed by atoms with Crippen molar-refractivity contribution in [3.05, 3.63) is 60.1 Å². The third-order valence-corrected chi connectivity index (χ3v) is 11.7. The Morgan fingerprint density at radius 2 is 1.56 bits per heavy atom. The molecule has 1 aliphatic carbocycles. The summed E-state index contributed by atoms with van der Waals surface area (Å²) < 4.78 is 23.4. The molecule has 0 bridgehead atoms. The predicted octanol–water partition coefficient (Wildman–Crippen LogP) is 5.41. The number of carbonyl (C=O) groups excluding carboxylic acids is 2. The van der Waals surface area contributed by atoms with Crippen molar-refractivity contribution in [1.82, 2.24) is 0 Å². The van der Waals surface area contributed by atoms with Crippen LogP contribution in [0.2, 0.25) is 18.1 Å². The molecule has 2 atom stereocenters. The standard InChI is InChI=1S/C25H34O6Si/c1-23(2,3)32(6,7)31-25(19-12-9-8-10-13-19)17-18(20-14-11-15-30-20)16-24(25,21(26)28-4)22(27)29-5/h8-15,18H,16-17H2,1-7H3/t18-,25-/m1/s1. The molecule has 6 nitrogen and oxygen atoms in total. The van der Waals surface area contributed by atoms with Crippen molar-refractivity contribution in [2.75, 3.05) is 14.2 Å². The molecule has 32 heavy (non-hydrogen) atoms. The number of rotatable bonds is 6. The van der Waals surface area contributed by atoms with E-state index >= 15 is 0 Å². The maximum absolute atomic E-state index is 13.6. The van der Waals surface area contributed by atoms with Gasteiger partial charge in [-0.2, -0.15) is 0 Å². The SMILES string of the molecule is COC(=O)C1(C(=O)OC)C[C@@H](c2ccco2)C[C@@]1(O[Si](C)(C)C(C)(C)C)c1ccccc1. The van der Waals surface area contributed by atoms with E-state index in [1.165, 1.54) is 14.2 Å². The highest BCUT2D eigenvalue weighted by Crippen LogP contribution is 2.63. The number of benzene rings is 1. The summed E-state index contributed by atoms with van der Waals surface area (Å²) in [4.78, 5) is 27.1. The Balaban J connectivity index is 2.35. The van der Waals surface area contributed by atoms with E-state index in [2.05, 4.69) is 33.9 Å². The minimum Gasteiger partial charge on any atom is -0.469 e. The molecular weight excluding hydrogens is 424 g/mol. The van der Waals surface area contributed by atoms with Gasteiger partial charge >= 0.3 is 11.9 Å². The smallest absolute Gasteiger partial charge is 0.326 e. The van der Waals surface area contributed by atoms with Gasteiger partial charge in [-0.1, -0.05) is 51.1 Å². The van der Waals surface area contributed by atoms with Gasteiger partial charge in [0.25, 0.3) is 0 Å². The fourth-order valence-corrected chi connectivity index (χ4v) is 6.18. The molecule has 0 aliphatic heterocycles. The largest absolute Gasteiger partial charge is 0.469 e. The topological polar surface area (TPSA) is 75.0 Å². The molecule has 1 aliphatic rings. The van der Waals surface area contributed by atoms with Gasteiger partial charge in [0.05, 0.1) is 20.5 Å². The summed E-state index contributed by atoms with van der Waals surface area (Å²) in [6.07, 6.45) is 2.16. The molecule has 3 rings (SSSR count). The molecule has 174 valence electrons. The first kappa shape index (κ1) is 24.3. The van der Waals surface area contributed by atoms with Crippen LogP contribution >= 0.6 is 0 Å². The highest BCUT2D eigenvalue weighted by Gasteiger charge is 2.72. The zero-order valence-electron chi connectivity index (χ0n) is 20.1. The van der Waals surface area contributed by atoms with Crippen LogP contribution in [-0.4, -0.2) is 34.5 Å². The highest BCUT2D eigenvalue weighted by atomic mass is 28.4. The van der Waals surface area contributed by atoms with E-state index in [-0.39, 0.29) is 17.4 Å². The normalized spacial score (nSPS) is 23.0. The lowest BCUT2D eigenvalue weighted by Gasteiger charge is -2.49. The summed E-state index contributed by atoms with van der Waals surface area (Å²) in [7, 11) is 0.110. The maximum atomic E-state index is 13.6. The van der Waals surface area contributed by atoms with Gasteiger partial charge in [0, 0.05) is 5.92 Å². The Labute approximate surface area is 191 Å². The fourth-order valence-electron chi connectivity index (χ4n) is 4.63. The summed E-state index contributed by atoms with van der Waals surface area (Å²) in [6, 6.07) is 13.2. The Hall–Kier alpha value is -2.38. The van der Waals surface area contributed by atoms with Crippen molar-refractivity contribution >= 4 is 20.3 Å². The van der Waals surface area contributed by atoms with Gasteiger partial charge in [-0.15, -0.1) is 0 Å². The van der Waals surface area contributed by atoms with Crippen molar-refractivity contribution in [2.45, 2.75) is 63.3 Å². The number of methoxy groups -OCH3 is 2. The quantitative estimate of drug-likeness (QED) is 0.327. The fraction of sp³-hybridized carbons (Fsp3) is 0.520. The van der Waals surface area contributed by atoms with Gasteiger partial charge in [0.15, 0.2) is 13.7 Å². The third-order valence-electron chi connectivity index (χ3n) is 7.26. The summed E-state index contributed by atoms with van der Waals surface area (Å²) in [5, 5.41) is -0.157. The first-order chi connectivity index (χ1) is 14.9. The first-order valence-electron chi connectivity index (χ1n) is 10.9. The zero-order chi connectivity index (χ0) is 23.8. The molecule has 1 heterocycles. The molecule has 1 aromatic heterocycles. The van der Waals surface area contributed by atoms with E-state index in [4.69, 9.17) is 18.3 Å². The summed E-state index contributed by atoms with van der Waals surface area (Å²) in [5.74, 6) is -0.825. The van der Waals surface area contributed by atoms with Gasteiger partial charge in [0.1, 0.15) is 11.4 Å². The second-order valence-electron chi connectivity index (χ2n) is 10.1. The van der Waals surface area contributed by atoms with Crippen LogP contribution in [0.15, 0.2) is 53.1 Å². The van der Waals surface area contributed by atoms with Gasteiger partial charge in [0.2, 0.25) is 0 Å². The second-order valence-corrected chi connectivity index (χ2v) is 14.8. The molecule has 0 radical (unpaired) electrons. The molecule has 0 amide bonds. The Bertz CT molecular complexity index is 929. The maximum Gasteiger partial charge on any atom is 0.326 e. The second kappa shape index (κ2) is 8.52. The van der Waals surface area contributed by atoms with Crippen molar-refractivity contribution in [3.8, 4) is 0 Å². The van der Waals surface area contributed by atoms with Gasteiger partial charge in [-0.05, 0) is 48.7 Å². The van der Waals surface area contributed by atoms with Crippen LogP contribution in [0.5, 0.6) is 0 Å². The molecular formula is C25H34O6Si. The van der Waals surface area contributed by atoms with Crippen LogP contribution in [0.4, 0.5) is 0 Å². The van der Waals surface area contributed by atoms with Crippen LogP contribution in [0, 0.1) is 5.41 Å². The molecule has 1 fully saturated rings. The van der Waals surface area contributed by atoms with E-state index in [9.17, 15) is 9.59 Å². The number of furan rings is 1. The third kappa shape index (κ3) is 3.71. The van der Waals surface area contributed by atoms with E-state index in [1.54, 1.807) is 6.26 Å². The number of carbonyl (C=O) groups is 2. The van der Waals surface area contributed by atoms with Crippen molar-refractivity contribution < 1.29 is 27.9 Å². The molecule has 0 N–H and O–H groups in total. The monoisotopic (exact) mass is 458 g/mol. The molecule has 1 aromatic carbocycles. The van der Waals surface area contributed by atoms with Crippen LogP contribution in [-0.2, 0) is 29.1 Å². The van der Waals surface area contributed by atoms with Crippen LogP contribution < -0.4 is 0 Å². The zero-order valence-corrected chi connectivity index (χ0v) is 21.1. The van der Waals surface area contributed by atoms with E-state index in [1.807, 2.05) is 42.5 Å². The Morgan fingerprint density at radius 1 is 0.969 bits per heavy atom. The number of hydrogen-bond acceptors (Lipinski definition) is 6. The average molecular weight is 459 g/mol. The number of ether oxygens (including phenoxy) is 2. The Kier molecular flexibility index (Phi) is 6.46. The van der Waals surface area contributed by atoms with Crippen LogP contribution in [0.25, 0.3) is 0 Å². The van der Waals surface area contributed by atoms with Crippen LogP contribution in [0.1, 0.15) is 50.9 Å². The molecule has 0 unspecified atom stereocenters. The predicted molar refractivity (Wildman–Crippen MR) is 124 cm³/mol. The minimum absolute atomic E-state index is 0.157. The van der Waals surface area contributed by atoms with Gasteiger partial charge in [-0.3, -0.25) is 9.59 Å². The molecule has 2 aromatic rings. The van der Waals surface area contributed by atoms with E-state index < -0.39 is 31.3 Å². The summed E-state index contributed by atoms with van der Waals surface area (Å²) in [5.41, 5.74) is -2.19. The van der Waals surface area contributed by atoms with Crippen molar-refractivity contribution in [3.63, 3.8) is 0 Å².